The average molecular weight is 404 g/mol. The Balaban J connectivity index is 1.28. The third kappa shape index (κ3) is 3.56. The highest BCUT2D eigenvalue weighted by Gasteiger charge is 2.37. The van der Waals surface area contributed by atoms with Crippen LogP contribution in [0.25, 0.3) is 11.0 Å². The average Bonchev–Trinajstić information content (AvgIpc) is 3.22. The van der Waals surface area contributed by atoms with E-state index in [1.54, 1.807) is 10.9 Å². The smallest absolute Gasteiger partial charge is 0.327 e. The van der Waals surface area contributed by atoms with Gasteiger partial charge in [0.2, 0.25) is 0 Å². The molecule has 6 rings (SSSR count). The minimum absolute atomic E-state index is 0.109. The highest BCUT2D eigenvalue weighted by atomic mass is 16.2. The van der Waals surface area contributed by atoms with Crippen molar-refractivity contribution in [3.8, 4) is 0 Å². The Labute approximate surface area is 177 Å². The summed E-state index contributed by atoms with van der Waals surface area (Å²) in [6, 6.07) is 17.6. The van der Waals surface area contributed by atoms with Gasteiger partial charge in [0.05, 0.1) is 11.2 Å². The van der Waals surface area contributed by atoms with Gasteiger partial charge in [0.25, 0.3) is 0 Å². The molecule has 0 saturated carbocycles. The first kappa shape index (κ1) is 19.1. The van der Waals surface area contributed by atoms with Crippen LogP contribution in [0, 0.1) is 0 Å². The molecule has 3 aliphatic heterocycles. The van der Waals surface area contributed by atoms with Gasteiger partial charge in [0.1, 0.15) is 11.8 Å². The quantitative estimate of drug-likeness (QED) is 0.663. The summed E-state index contributed by atoms with van der Waals surface area (Å²) in [6.45, 7) is 2.79. The lowest BCUT2D eigenvalue weighted by atomic mass is 9.90. The maximum absolute atomic E-state index is 12.8. The number of anilines is 1. The van der Waals surface area contributed by atoms with Gasteiger partial charge in [-0.1, -0.05) is 36.4 Å². The third-order valence-corrected chi connectivity index (χ3v) is 6.65. The van der Waals surface area contributed by atoms with E-state index in [4.69, 9.17) is 0 Å². The number of piperazine rings is 1. The van der Waals surface area contributed by atoms with Crippen molar-refractivity contribution in [3.63, 3.8) is 0 Å². The number of amides is 1. The number of nitrogens with one attached hydrogen (secondary N) is 1. The molecule has 6 nitrogen and oxygen atoms in total. The Hall–Kier alpha value is -2.86. The van der Waals surface area contributed by atoms with E-state index in [9.17, 15) is 4.79 Å². The summed E-state index contributed by atoms with van der Waals surface area (Å²) in [5.74, 6) is 0. The zero-order valence-corrected chi connectivity index (χ0v) is 17.5. The summed E-state index contributed by atoms with van der Waals surface area (Å²) in [6.07, 6.45) is 6.04. The van der Waals surface area contributed by atoms with Crippen molar-refractivity contribution < 1.29 is 4.79 Å². The van der Waals surface area contributed by atoms with Crippen molar-refractivity contribution in [1.29, 1.82) is 0 Å². The first-order chi connectivity index (χ1) is 14.7. The van der Waals surface area contributed by atoms with Gasteiger partial charge in [0.15, 0.2) is 0 Å². The molecule has 156 valence electrons. The van der Waals surface area contributed by atoms with E-state index in [0.29, 0.717) is 18.6 Å². The first-order valence-electron chi connectivity index (χ1n) is 11.0. The molecule has 6 heteroatoms. The van der Waals surface area contributed by atoms with Crippen molar-refractivity contribution in [3.05, 3.63) is 60.4 Å². The van der Waals surface area contributed by atoms with Crippen LogP contribution in [-0.4, -0.2) is 59.2 Å². The number of hydrogen-bond donors (Lipinski definition) is 1. The van der Waals surface area contributed by atoms with Gasteiger partial charge < -0.3 is 10.2 Å². The molecule has 3 saturated heterocycles. The Morgan fingerprint density at radius 3 is 2.67 bits per heavy atom. The van der Waals surface area contributed by atoms with Crippen LogP contribution in [0.4, 0.5) is 10.5 Å². The van der Waals surface area contributed by atoms with E-state index in [2.05, 4.69) is 57.5 Å². The lowest BCUT2D eigenvalue weighted by Gasteiger charge is -2.51. The fraction of sp³-hybridized carbons (Fsp3) is 0.417. The largest absolute Gasteiger partial charge is 0.364 e. The molecular formula is C24H29N5O. The zero-order chi connectivity index (χ0) is 20.5. The SMILES string of the molecule is CN1CC2CCC1CN2c1cccc2c1ncn2C(=O)NCCCc1ccccc1. The summed E-state index contributed by atoms with van der Waals surface area (Å²) in [5, 5.41) is 3.04. The van der Waals surface area contributed by atoms with Crippen LogP contribution >= 0.6 is 0 Å². The first-order valence-corrected chi connectivity index (χ1v) is 11.0. The minimum atomic E-state index is -0.109. The van der Waals surface area contributed by atoms with Crippen molar-refractivity contribution in [2.75, 3.05) is 31.6 Å². The lowest BCUT2D eigenvalue weighted by Crippen LogP contribution is -2.61. The van der Waals surface area contributed by atoms with Gasteiger partial charge in [0, 0.05) is 31.7 Å². The van der Waals surface area contributed by atoms with Crippen LogP contribution < -0.4 is 10.2 Å². The van der Waals surface area contributed by atoms with Gasteiger partial charge in [-0.15, -0.1) is 0 Å². The van der Waals surface area contributed by atoms with Gasteiger partial charge in [-0.3, -0.25) is 9.47 Å². The maximum atomic E-state index is 12.8. The molecule has 0 spiro atoms. The Morgan fingerprint density at radius 1 is 1.07 bits per heavy atom. The summed E-state index contributed by atoms with van der Waals surface area (Å²) >= 11 is 0. The number of piperidine rings is 2. The van der Waals surface area contributed by atoms with Gasteiger partial charge >= 0.3 is 6.03 Å². The normalized spacial score (nSPS) is 21.3. The van der Waals surface area contributed by atoms with Crippen molar-refractivity contribution >= 4 is 22.8 Å². The molecular weight excluding hydrogens is 374 g/mol. The number of aryl methyl sites for hydroxylation is 1. The van der Waals surface area contributed by atoms with Gasteiger partial charge in [-0.25, -0.2) is 9.78 Å². The molecule has 3 aromatic rings. The second-order valence-electron chi connectivity index (χ2n) is 8.56. The number of nitrogens with zero attached hydrogens (tertiary/aromatic N) is 4. The van der Waals surface area contributed by atoms with E-state index >= 15 is 0 Å². The summed E-state index contributed by atoms with van der Waals surface area (Å²) in [7, 11) is 2.23. The standard InChI is InChI=1S/C24H29N5O/c1-27-15-20-13-12-19(27)16-28(20)21-10-5-11-22-23(21)26-17-29(22)24(30)25-14-6-9-18-7-3-2-4-8-18/h2-5,7-8,10-11,17,19-20H,6,9,12-16H2,1H3,(H,25,30). The molecule has 0 aliphatic carbocycles. The number of carbonyl (C=O) groups is 1. The molecule has 2 bridgehead atoms. The fourth-order valence-corrected chi connectivity index (χ4v) is 4.97. The van der Waals surface area contributed by atoms with E-state index in [-0.39, 0.29) is 6.03 Å². The molecule has 2 atom stereocenters. The number of benzene rings is 2. The predicted octanol–water partition coefficient (Wildman–Crippen LogP) is 3.51. The number of para-hydroxylation sites is 1. The van der Waals surface area contributed by atoms with E-state index in [1.807, 2.05) is 18.2 Å². The Bertz CT molecular complexity index is 1030. The predicted molar refractivity (Wildman–Crippen MR) is 120 cm³/mol. The zero-order valence-electron chi connectivity index (χ0n) is 17.5. The van der Waals surface area contributed by atoms with Crippen LogP contribution in [0.2, 0.25) is 0 Å². The van der Waals surface area contributed by atoms with Crippen LogP contribution in [0.5, 0.6) is 0 Å². The highest BCUT2D eigenvalue weighted by Crippen LogP contribution is 2.35. The topological polar surface area (TPSA) is 53.4 Å². The molecule has 1 aromatic heterocycles. The monoisotopic (exact) mass is 403 g/mol. The molecule has 3 aliphatic rings. The molecule has 2 aromatic carbocycles. The Morgan fingerprint density at radius 2 is 1.90 bits per heavy atom. The number of imidazole rings is 1. The molecule has 0 radical (unpaired) electrons. The highest BCUT2D eigenvalue weighted by molar-refractivity contribution is 5.95. The number of hydrogen-bond acceptors (Lipinski definition) is 4. The molecule has 1 amide bonds. The maximum Gasteiger partial charge on any atom is 0.327 e. The molecule has 4 heterocycles. The number of carbonyl (C=O) groups excluding carboxylic acids is 1. The van der Waals surface area contributed by atoms with Gasteiger partial charge in [-0.05, 0) is 50.4 Å². The van der Waals surface area contributed by atoms with E-state index in [0.717, 1.165) is 42.7 Å². The van der Waals surface area contributed by atoms with Crippen LogP contribution in [0.1, 0.15) is 24.8 Å². The summed E-state index contributed by atoms with van der Waals surface area (Å²) in [4.78, 5) is 22.4. The van der Waals surface area contributed by atoms with Crippen LogP contribution in [0.3, 0.4) is 0 Å². The van der Waals surface area contributed by atoms with E-state index in [1.165, 1.54) is 18.4 Å². The number of likely N-dealkylation sites (N-methyl/N-ethyl adjacent to an activating group) is 1. The number of rotatable bonds is 5. The van der Waals surface area contributed by atoms with Crippen LogP contribution in [-0.2, 0) is 6.42 Å². The van der Waals surface area contributed by atoms with Gasteiger partial charge in [-0.2, -0.15) is 0 Å². The Kier molecular flexibility index (Phi) is 5.17. The number of aromatic nitrogens is 2. The fourth-order valence-electron chi connectivity index (χ4n) is 4.97. The number of fused-ring (bicyclic) bond motifs is 4. The van der Waals surface area contributed by atoms with Crippen molar-refractivity contribution in [1.82, 2.24) is 19.8 Å². The molecule has 1 N–H and O–H groups in total. The summed E-state index contributed by atoms with van der Waals surface area (Å²) in [5.41, 5.74) is 4.26. The second-order valence-corrected chi connectivity index (χ2v) is 8.56. The molecule has 2 unspecified atom stereocenters. The minimum Gasteiger partial charge on any atom is -0.364 e. The third-order valence-electron chi connectivity index (χ3n) is 6.65. The van der Waals surface area contributed by atoms with Crippen molar-refractivity contribution in [2.45, 2.75) is 37.8 Å². The van der Waals surface area contributed by atoms with Crippen LogP contribution in [0.15, 0.2) is 54.9 Å². The molecule has 3 fully saturated rings. The van der Waals surface area contributed by atoms with E-state index < -0.39 is 0 Å². The molecule has 30 heavy (non-hydrogen) atoms. The summed E-state index contributed by atoms with van der Waals surface area (Å²) < 4.78 is 1.65. The lowest BCUT2D eigenvalue weighted by molar-refractivity contribution is 0.125. The van der Waals surface area contributed by atoms with Crippen molar-refractivity contribution in [2.24, 2.45) is 0 Å². The second kappa shape index (κ2) is 8.11.